The second-order valence-corrected chi connectivity index (χ2v) is 7.63. The lowest BCUT2D eigenvalue weighted by Gasteiger charge is -2.28. The van der Waals surface area contributed by atoms with E-state index in [0.29, 0.717) is 26.1 Å². The molecule has 1 saturated carbocycles. The zero-order valence-electron chi connectivity index (χ0n) is 14.5. The first-order chi connectivity index (χ1) is 12.1. The fourth-order valence-corrected chi connectivity index (χ4v) is 4.16. The van der Waals surface area contributed by atoms with Crippen molar-refractivity contribution in [3.05, 3.63) is 30.6 Å². The second kappa shape index (κ2) is 6.52. The van der Waals surface area contributed by atoms with Gasteiger partial charge in [-0.2, -0.15) is 0 Å². The average Bonchev–Trinajstić information content (AvgIpc) is 3.21. The Morgan fingerprint density at radius 3 is 2.64 bits per heavy atom. The van der Waals surface area contributed by atoms with E-state index in [1.807, 2.05) is 18.2 Å². The highest BCUT2D eigenvalue weighted by Crippen LogP contribution is 2.31. The highest BCUT2D eigenvalue weighted by atomic mass is 16.3. The maximum absolute atomic E-state index is 10.9. The van der Waals surface area contributed by atoms with Crippen molar-refractivity contribution in [1.82, 2.24) is 15.3 Å². The third kappa shape index (κ3) is 3.47. The van der Waals surface area contributed by atoms with Crippen LogP contribution in [-0.4, -0.2) is 57.6 Å². The Labute approximate surface area is 147 Å². The summed E-state index contributed by atoms with van der Waals surface area (Å²) in [4.78, 5) is 11.0. The van der Waals surface area contributed by atoms with E-state index in [9.17, 15) is 10.2 Å². The summed E-state index contributed by atoms with van der Waals surface area (Å²) in [6.45, 7) is 2.42. The van der Waals surface area contributed by atoms with Gasteiger partial charge in [0.15, 0.2) is 0 Å². The number of hydrogen-bond acceptors (Lipinski definition) is 6. The van der Waals surface area contributed by atoms with Crippen LogP contribution in [0.15, 0.2) is 30.6 Å². The number of pyridine rings is 2. The molecule has 3 N–H and O–H groups in total. The van der Waals surface area contributed by atoms with Crippen molar-refractivity contribution in [2.24, 2.45) is 0 Å². The van der Waals surface area contributed by atoms with E-state index in [-0.39, 0.29) is 0 Å². The van der Waals surface area contributed by atoms with Crippen LogP contribution in [0.1, 0.15) is 32.1 Å². The molecule has 0 aromatic carbocycles. The summed E-state index contributed by atoms with van der Waals surface area (Å²) >= 11 is 0. The molecule has 134 valence electrons. The Morgan fingerprint density at radius 2 is 1.80 bits per heavy atom. The molecule has 6 nitrogen and oxygen atoms in total. The van der Waals surface area contributed by atoms with E-state index in [2.05, 4.69) is 20.2 Å². The molecule has 2 fully saturated rings. The summed E-state index contributed by atoms with van der Waals surface area (Å²) < 4.78 is 0. The van der Waals surface area contributed by atoms with Gasteiger partial charge in [0.05, 0.1) is 22.4 Å². The van der Waals surface area contributed by atoms with Crippen molar-refractivity contribution in [3.8, 4) is 0 Å². The highest BCUT2D eigenvalue weighted by molar-refractivity contribution is 5.87. The van der Waals surface area contributed by atoms with Gasteiger partial charge in [0, 0.05) is 38.6 Å². The van der Waals surface area contributed by atoms with Gasteiger partial charge in [-0.3, -0.25) is 9.97 Å². The Hall–Kier alpha value is -1.76. The number of aromatic nitrogens is 2. The van der Waals surface area contributed by atoms with E-state index in [1.54, 1.807) is 12.4 Å². The van der Waals surface area contributed by atoms with Crippen molar-refractivity contribution in [1.29, 1.82) is 0 Å². The lowest BCUT2D eigenvalue weighted by atomic mass is 10.0. The third-order valence-corrected chi connectivity index (χ3v) is 5.59. The maximum Gasteiger partial charge on any atom is 0.112 e. The number of nitrogens with zero attached hydrogens (tertiary/aromatic N) is 3. The number of rotatable bonds is 5. The van der Waals surface area contributed by atoms with Crippen LogP contribution in [0.3, 0.4) is 0 Å². The van der Waals surface area contributed by atoms with Gasteiger partial charge in [0.25, 0.3) is 0 Å². The minimum absolute atomic E-state index is 0.502. The first-order valence-corrected chi connectivity index (χ1v) is 9.17. The van der Waals surface area contributed by atoms with Crippen LogP contribution in [0.4, 0.5) is 5.69 Å². The van der Waals surface area contributed by atoms with Gasteiger partial charge in [-0.1, -0.05) is 12.8 Å². The Bertz CT molecular complexity index is 742. The summed E-state index contributed by atoms with van der Waals surface area (Å²) in [7, 11) is 0. The van der Waals surface area contributed by atoms with Crippen molar-refractivity contribution >= 4 is 16.7 Å². The first-order valence-electron chi connectivity index (χ1n) is 9.17. The molecule has 6 heteroatoms. The molecule has 2 aromatic rings. The highest BCUT2D eigenvalue weighted by Gasteiger charge is 2.38. The molecule has 2 aromatic heterocycles. The van der Waals surface area contributed by atoms with Gasteiger partial charge in [-0.15, -0.1) is 0 Å². The predicted molar refractivity (Wildman–Crippen MR) is 97.6 cm³/mol. The van der Waals surface area contributed by atoms with E-state index >= 15 is 0 Å². The van der Waals surface area contributed by atoms with Crippen LogP contribution in [0, 0.1) is 0 Å². The van der Waals surface area contributed by atoms with Gasteiger partial charge in [-0.05, 0) is 37.5 Å². The molecule has 4 rings (SSSR count). The molecule has 1 aliphatic carbocycles. The second-order valence-electron chi connectivity index (χ2n) is 7.63. The fourth-order valence-electron chi connectivity index (χ4n) is 4.16. The van der Waals surface area contributed by atoms with Crippen LogP contribution < -0.4 is 10.2 Å². The zero-order chi connectivity index (χ0) is 17.3. The standard InChI is InChI=1S/C19H26N4O2/c24-18(6-1-2-7-18)12-20-13-19(25)8-11-23(14-19)16-5-10-21-15-4-3-9-22-17(15)16/h3-5,9-10,20,24-25H,1-2,6-8,11-14H2/t19-/m1/s1. The molecular formula is C19H26N4O2. The monoisotopic (exact) mass is 342 g/mol. The van der Waals surface area contributed by atoms with Crippen LogP contribution in [0.25, 0.3) is 11.0 Å². The molecule has 1 aliphatic heterocycles. The molecule has 3 heterocycles. The first kappa shape index (κ1) is 16.7. The van der Waals surface area contributed by atoms with Gasteiger partial charge in [-0.25, -0.2) is 0 Å². The number of fused-ring (bicyclic) bond motifs is 1. The Balaban J connectivity index is 1.41. The molecule has 0 spiro atoms. The predicted octanol–water partition coefficient (Wildman–Crippen LogP) is 1.47. The van der Waals surface area contributed by atoms with E-state index in [4.69, 9.17) is 0 Å². The van der Waals surface area contributed by atoms with Crippen molar-refractivity contribution in [2.75, 3.05) is 31.1 Å². The normalized spacial score (nSPS) is 25.8. The summed E-state index contributed by atoms with van der Waals surface area (Å²) in [5, 5.41) is 24.7. The van der Waals surface area contributed by atoms with Gasteiger partial charge < -0.3 is 20.4 Å². The fraction of sp³-hybridized carbons (Fsp3) is 0.579. The largest absolute Gasteiger partial charge is 0.389 e. The van der Waals surface area contributed by atoms with E-state index < -0.39 is 11.2 Å². The van der Waals surface area contributed by atoms with Gasteiger partial charge in [0.1, 0.15) is 5.52 Å². The Kier molecular flexibility index (Phi) is 4.35. The van der Waals surface area contributed by atoms with Crippen LogP contribution in [0.2, 0.25) is 0 Å². The smallest absolute Gasteiger partial charge is 0.112 e. The SMILES string of the molecule is OC1(CNC[C@]2(O)CCN(c3ccnc4cccnc34)C2)CCCC1. The minimum Gasteiger partial charge on any atom is -0.389 e. The molecule has 0 radical (unpaired) electrons. The summed E-state index contributed by atoms with van der Waals surface area (Å²) in [5.74, 6) is 0. The molecule has 0 unspecified atom stereocenters. The molecule has 25 heavy (non-hydrogen) atoms. The third-order valence-electron chi connectivity index (χ3n) is 5.59. The van der Waals surface area contributed by atoms with E-state index in [1.165, 1.54) is 0 Å². The quantitative estimate of drug-likeness (QED) is 0.763. The number of nitrogens with one attached hydrogen (secondary N) is 1. The van der Waals surface area contributed by atoms with Crippen LogP contribution in [0.5, 0.6) is 0 Å². The van der Waals surface area contributed by atoms with E-state index in [0.717, 1.165) is 48.9 Å². The minimum atomic E-state index is -0.778. The number of hydrogen-bond donors (Lipinski definition) is 3. The number of β-amino-alcohol motifs (C(OH)–C–C–N with tert-alkyl or cyclic N) is 1. The molecule has 1 atom stereocenters. The Morgan fingerprint density at radius 1 is 1.00 bits per heavy atom. The van der Waals surface area contributed by atoms with Crippen LogP contribution in [-0.2, 0) is 0 Å². The summed E-state index contributed by atoms with van der Waals surface area (Å²) in [6, 6.07) is 5.81. The molecule has 2 aliphatic rings. The molecule has 1 saturated heterocycles. The van der Waals surface area contributed by atoms with Gasteiger partial charge >= 0.3 is 0 Å². The topological polar surface area (TPSA) is 81.5 Å². The van der Waals surface area contributed by atoms with Crippen molar-refractivity contribution in [3.63, 3.8) is 0 Å². The summed E-state index contributed by atoms with van der Waals surface area (Å²) in [6.07, 6.45) is 8.19. The summed E-state index contributed by atoms with van der Waals surface area (Å²) in [5.41, 5.74) is 1.41. The number of anilines is 1. The average molecular weight is 342 g/mol. The van der Waals surface area contributed by atoms with Crippen molar-refractivity contribution in [2.45, 2.75) is 43.3 Å². The number of aliphatic hydroxyl groups is 2. The molecule has 0 amide bonds. The molecule has 0 bridgehead atoms. The zero-order valence-corrected chi connectivity index (χ0v) is 14.5. The lowest BCUT2D eigenvalue weighted by Crippen LogP contribution is -2.47. The van der Waals surface area contributed by atoms with Crippen LogP contribution >= 0.6 is 0 Å². The maximum atomic E-state index is 10.9. The lowest BCUT2D eigenvalue weighted by molar-refractivity contribution is 0.0286. The van der Waals surface area contributed by atoms with Gasteiger partial charge in [0.2, 0.25) is 0 Å². The molecular weight excluding hydrogens is 316 g/mol. The van der Waals surface area contributed by atoms with Crippen molar-refractivity contribution < 1.29 is 10.2 Å².